The van der Waals surface area contributed by atoms with Crippen LogP contribution < -0.4 is 15.4 Å². The second-order valence-electron chi connectivity index (χ2n) is 6.07. The van der Waals surface area contributed by atoms with Gasteiger partial charge in [0.1, 0.15) is 0 Å². The summed E-state index contributed by atoms with van der Waals surface area (Å²) in [5.74, 6) is 0.718. The highest BCUT2D eigenvalue weighted by molar-refractivity contribution is 14.0. The molecule has 2 aromatic rings. The number of guanidine groups is 1. The molecule has 0 aliphatic carbocycles. The van der Waals surface area contributed by atoms with Crippen LogP contribution in [-0.4, -0.2) is 33.0 Å². The van der Waals surface area contributed by atoms with Gasteiger partial charge in [0.15, 0.2) is 5.96 Å². The molecule has 0 bridgehead atoms. The Balaban J connectivity index is 0.00000392. The fourth-order valence-corrected chi connectivity index (χ4v) is 4.10. The van der Waals surface area contributed by atoms with Crippen LogP contribution in [0.5, 0.6) is 0 Å². The molecule has 1 heterocycles. The predicted octanol–water partition coefficient (Wildman–Crippen LogP) is 2.68. The first kappa shape index (κ1) is 24.8. The Kier molecular flexibility index (Phi) is 10.4. The smallest absolute Gasteiger partial charge is 0.215 e. The van der Waals surface area contributed by atoms with E-state index in [-0.39, 0.29) is 29.7 Å². The lowest BCUT2D eigenvalue weighted by molar-refractivity contribution is 0.587. The lowest BCUT2D eigenvalue weighted by Gasteiger charge is -2.11. The minimum atomic E-state index is -3.26. The van der Waals surface area contributed by atoms with Crippen LogP contribution in [0.25, 0.3) is 0 Å². The van der Waals surface area contributed by atoms with Crippen molar-refractivity contribution in [3.05, 3.63) is 51.0 Å². The molecule has 0 aliphatic heterocycles. The standard InChI is InChI=1S/C18H27N5O2S2.HI/c1-5-20-18(22-11-17-13(2)23-14(3)26-17)21-10-15-6-8-16(9-7-15)12-27(24,25)19-4;/h6-9,19H,5,10-12H2,1-4H3,(H2,20,21,22);1H. The number of sulfonamides is 1. The van der Waals surface area contributed by atoms with Gasteiger partial charge in [-0.25, -0.2) is 23.1 Å². The van der Waals surface area contributed by atoms with Gasteiger partial charge in [-0.05, 0) is 38.9 Å². The van der Waals surface area contributed by atoms with Crippen LogP contribution in [0.15, 0.2) is 29.3 Å². The summed E-state index contributed by atoms with van der Waals surface area (Å²) >= 11 is 1.69. The molecule has 1 aromatic heterocycles. The van der Waals surface area contributed by atoms with Crippen LogP contribution in [0, 0.1) is 13.8 Å². The fraction of sp³-hybridized carbons (Fsp3) is 0.444. The van der Waals surface area contributed by atoms with Crippen LogP contribution in [-0.2, 0) is 28.9 Å². The maximum absolute atomic E-state index is 11.6. The molecule has 3 N–H and O–H groups in total. The molecule has 2 rings (SSSR count). The Morgan fingerprint density at radius 1 is 1.14 bits per heavy atom. The normalized spacial score (nSPS) is 11.8. The van der Waals surface area contributed by atoms with Gasteiger partial charge in [0.05, 0.1) is 29.5 Å². The quantitative estimate of drug-likeness (QED) is 0.274. The summed E-state index contributed by atoms with van der Waals surface area (Å²) in [5.41, 5.74) is 2.81. The van der Waals surface area contributed by atoms with Crippen LogP contribution in [0.4, 0.5) is 0 Å². The highest BCUT2D eigenvalue weighted by atomic mass is 127. The van der Waals surface area contributed by atoms with Gasteiger partial charge >= 0.3 is 0 Å². The maximum Gasteiger partial charge on any atom is 0.215 e. The average Bonchev–Trinajstić information content (AvgIpc) is 2.95. The summed E-state index contributed by atoms with van der Waals surface area (Å²) in [5, 5.41) is 7.63. The molecule has 0 saturated heterocycles. The van der Waals surface area contributed by atoms with E-state index in [0.717, 1.165) is 34.3 Å². The van der Waals surface area contributed by atoms with Crippen molar-refractivity contribution >= 4 is 51.3 Å². The number of aromatic nitrogens is 1. The maximum atomic E-state index is 11.6. The summed E-state index contributed by atoms with van der Waals surface area (Å²) in [7, 11) is -1.84. The molecule has 28 heavy (non-hydrogen) atoms. The average molecular weight is 537 g/mol. The fourth-order valence-electron chi connectivity index (χ4n) is 2.45. The van der Waals surface area contributed by atoms with E-state index < -0.39 is 10.0 Å². The minimum Gasteiger partial charge on any atom is -0.357 e. The number of nitrogens with zero attached hydrogens (tertiary/aromatic N) is 2. The number of aryl methyl sites for hydroxylation is 2. The third kappa shape index (κ3) is 8.02. The van der Waals surface area contributed by atoms with Gasteiger partial charge in [0, 0.05) is 11.4 Å². The van der Waals surface area contributed by atoms with E-state index in [2.05, 4.69) is 25.3 Å². The van der Waals surface area contributed by atoms with Crippen molar-refractivity contribution in [2.24, 2.45) is 4.99 Å². The van der Waals surface area contributed by atoms with E-state index in [1.54, 1.807) is 11.3 Å². The van der Waals surface area contributed by atoms with E-state index in [1.165, 1.54) is 11.9 Å². The number of nitrogens with one attached hydrogen (secondary N) is 3. The second kappa shape index (κ2) is 11.7. The third-order valence-electron chi connectivity index (χ3n) is 3.87. The van der Waals surface area contributed by atoms with Crippen molar-refractivity contribution in [2.45, 2.75) is 39.6 Å². The van der Waals surface area contributed by atoms with Crippen molar-refractivity contribution in [2.75, 3.05) is 13.6 Å². The van der Waals surface area contributed by atoms with Crippen LogP contribution >= 0.6 is 35.3 Å². The third-order valence-corrected chi connectivity index (χ3v) is 6.28. The van der Waals surface area contributed by atoms with E-state index in [9.17, 15) is 8.42 Å². The summed E-state index contributed by atoms with van der Waals surface area (Å²) in [6.45, 7) is 8.01. The Bertz CT molecular complexity index is 880. The Hall–Kier alpha value is -1.24. The lowest BCUT2D eigenvalue weighted by Crippen LogP contribution is -2.36. The van der Waals surface area contributed by atoms with Crippen molar-refractivity contribution in [3.63, 3.8) is 0 Å². The van der Waals surface area contributed by atoms with Crippen molar-refractivity contribution in [1.82, 2.24) is 20.3 Å². The molecular formula is C18H28IN5O2S2. The molecule has 1 aromatic carbocycles. The topological polar surface area (TPSA) is 95.5 Å². The van der Waals surface area contributed by atoms with E-state index in [4.69, 9.17) is 0 Å². The number of thiazole rings is 1. The molecule has 0 fully saturated rings. The van der Waals surface area contributed by atoms with Crippen LogP contribution in [0.1, 0.15) is 33.6 Å². The second-order valence-corrected chi connectivity index (χ2v) is 9.28. The monoisotopic (exact) mass is 537 g/mol. The molecule has 7 nitrogen and oxygen atoms in total. The lowest BCUT2D eigenvalue weighted by atomic mass is 10.1. The summed E-state index contributed by atoms with van der Waals surface area (Å²) in [4.78, 5) is 10.2. The Labute approximate surface area is 188 Å². The highest BCUT2D eigenvalue weighted by Crippen LogP contribution is 2.16. The first-order valence-electron chi connectivity index (χ1n) is 8.77. The number of hydrogen-bond donors (Lipinski definition) is 3. The van der Waals surface area contributed by atoms with Gasteiger partial charge in [0.2, 0.25) is 10.0 Å². The van der Waals surface area contributed by atoms with E-state index >= 15 is 0 Å². The summed E-state index contributed by atoms with van der Waals surface area (Å²) in [6.07, 6.45) is 0. The molecule has 0 saturated carbocycles. The number of aliphatic imine (C=N–C) groups is 1. The SMILES string of the molecule is CCNC(=NCc1ccc(CS(=O)(=O)NC)cc1)NCc1sc(C)nc1C.I. The van der Waals surface area contributed by atoms with Crippen LogP contribution in [0.3, 0.4) is 0 Å². The molecule has 156 valence electrons. The molecule has 10 heteroatoms. The van der Waals surface area contributed by atoms with Crippen LogP contribution in [0.2, 0.25) is 0 Å². The number of rotatable bonds is 8. The van der Waals surface area contributed by atoms with Gasteiger partial charge in [-0.2, -0.15) is 0 Å². The summed E-state index contributed by atoms with van der Waals surface area (Å²) in [6, 6.07) is 7.46. The Morgan fingerprint density at radius 2 is 1.79 bits per heavy atom. The van der Waals surface area contributed by atoms with E-state index in [1.807, 2.05) is 45.0 Å². The minimum absolute atomic E-state index is 0. The van der Waals surface area contributed by atoms with Gasteiger partial charge in [0.25, 0.3) is 0 Å². The molecule has 0 atom stereocenters. The Morgan fingerprint density at radius 3 is 2.32 bits per heavy atom. The number of hydrogen-bond acceptors (Lipinski definition) is 5. The first-order valence-corrected chi connectivity index (χ1v) is 11.2. The summed E-state index contributed by atoms with van der Waals surface area (Å²) < 4.78 is 25.5. The van der Waals surface area contributed by atoms with Crippen molar-refractivity contribution in [3.8, 4) is 0 Å². The first-order chi connectivity index (χ1) is 12.8. The van der Waals surface area contributed by atoms with Gasteiger partial charge in [-0.1, -0.05) is 24.3 Å². The molecule has 0 unspecified atom stereocenters. The van der Waals surface area contributed by atoms with Crippen molar-refractivity contribution in [1.29, 1.82) is 0 Å². The molecule has 0 aliphatic rings. The number of halogens is 1. The van der Waals surface area contributed by atoms with Gasteiger partial charge < -0.3 is 10.6 Å². The van der Waals surface area contributed by atoms with Gasteiger partial charge in [-0.3, -0.25) is 0 Å². The zero-order valence-electron chi connectivity index (χ0n) is 16.6. The van der Waals surface area contributed by atoms with Gasteiger partial charge in [-0.15, -0.1) is 35.3 Å². The largest absolute Gasteiger partial charge is 0.357 e. The number of benzene rings is 1. The zero-order chi connectivity index (χ0) is 19.9. The van der Waals surface area contributed by atoms with E-state index in [0.29, 0.717) is 13.1 Å². The zero-order valence-corrected chi connectivity index (χ0v) is 20.5. The molecular weight excluding hydrogens is 509 g/mol. The molecule has 0 spiro atoms. The molecule has 0 radical (unpaired) electrons. The van der Waals surface area contributed by atoms with Crippen molar-refractivity contribution < 1.29 is 8.42 Å². The predicted molar refractivity (Wildman–Crippen MR) is 127 cm³/mol. The molecule has 0 amide bonds. The highest BCUT2D eigenvalue weighted by Gasteiger charge is 2.08.